The van der Waals surface area contributed by atoms with Gasteiger partial charge in [0.1, 0.15) is 11.4 Å². The minimum atomic E-state index is -1.15. The SMILES string of the molecule is CC(O)(c1ccccc1)C(Oc1ccccc1)c1ccccc1. The third-order valence-corrected chi connectivity index (χ3v) is 3.97. The lowest BCUT2D eigenvalue weighted by Crippen LogP contribution is -2.33. The monoisotopic (exact) mass is 304 g/mol. The zero-order valence-electron chi connectivity index (χ0n) is 13.1. The molecule has 2 heteroatoms. The molecule has 116 valence electrons. The first-order chi connectivity index (χ1) is 11.2. The van der Waals surface area contributed by atoms with Crippen LogP contribution < -0.4 is 4.74 Å². The van der Waals surface area contributed by atoms with E-state index in [-0.39, 0.29) is 0 Å². The Morgan fingerprint density at radius 1 is 0.739 bits per heavy atom. The summed E-state index contributed by atoms with van der Waals surface area (Å²) in [5, 5.41) is 11.2. The van der Waals surface area contributed by atoms with Crippen LogP contribution in [0.2, 0.25) is 0 Å². The Kier molecular flexibility index (Phi) is 4.45. The highest BCUT2D eigenvalue weighted by Crippen LogP contribution is 2.38. The first-order valence-corrected chi connectivity index (χ1v) is 7.72. The van der Waals surface area contributed by atoms with Crippen LogP contribution in [0, 0.1) is 0 Å². The van der Waals surface area contributed by atoms with E-state index in [1.807, 2.05) is 91.0 Å². The molecule has 0 aromatic heterocycles. The zero-order valence-corrected chi connectivity index (χ0v) is 13.1. The number of para-hydroxylation sites is 1. The van der Waals surface area contributed by atoms with E-state index in [1.54, 1.807) is 6.92 Å². The molecule has 0 spiro atoms. The summed E-state index contributed by atoms with van der Waals surface area (Å²) in [7, 11) is 0. The molecule has 0 fully saturated rings. The fourth-order valence-corrected chi connectivity index (χ4v) is 2.70. The number of hydrogen-bond donors (Lipinski definition) is 1. The topological polar surface area (TPSA) is 29.5 Å². The Bertz CT molecular complexity index is 722. The van der Waals surface area contributed by atoms with Crippen molar-refractivity contribution in [3.05, 3.63) is 102 Å². The molecule has 0 amide bonds. The van der Waals surface area contributed by atoms with Crippen molar-refractivity contribution in [2.24, 2.45) is 0 Å². The minimum absolute atomic E-state index is 0.506. The standard InChI is InChI=1S/C21H20O2/c1-21(22,18-13-7-3-8-14-18)20(17-11-5-2-6-12-17)23-19-15-9-4-10-16-19/h2-16,20,22H,1H3. The average molecular weight is 304 g/mol. The predicted octanol–water partition coefficient (Wildman–Crippen LogP) is 4.71. The van der Waals surface area contributed by atoms with Crippen LogP contribution in [-0.2, 0) is 5.60 Å². The summed E-state index contributed by atoms with van der Waals surface area (Å²) in [6.07, 6.45) is -0.506. The van der Waals surface area contributed by atoms with Gasteiger partial charge in [-0.2, -0.15) is 0 Å². The van der Waals surface area contributed by atoms with Gasteiger partial charge < -0.3 is 9.84 Å². The Morgan fingerprint density at radius 2 is 1.22 bits per heavy atom. The first-order valence-electron chi connectivity index (χ1n) is 7.72. The van der Waals surface area contributed by atoms with Gasteiger partial charge in [0, 0.05) is 0 Å². The summed E-state index contributed by atoms with van der Waals surface area (Å²) in [5.74, 6) is 0.734. The van der Waals surface area contributed by atoms with E-state index in [2.05, 4.69) is 0 Å². The Balaban J connectivity index is 2.01. The Labute approximate surface area is 137 Å². The average Bonchev–Trinajstić information content (AvgIpc) is 2.62. The van der Waals surface area contributed by atoms with Crippen LogP contribution in [0.3, 0.4) is 0 Å². The maximum absolute atomic E-state index is 11.2. The number of benzene rings is 3. The van der Waals surface area contributed by atoms with E-state index in [0.29, 0.717) is 0 Å². The molecule has 23 heavy (non-hydrogen) atoms. The summed E-state index contributed by atoms with van der Waals surface area (Å²) < 4.78 is 6.17. The molecule has 2 nitrogen and oxygen atoms in total. The van der Waals surface area contributed by atoms with Crippen molar-refractivity contribution in [2.75, 3.05) is 0 Å². The lowest BCUT2D eigenvalue weighted by Gasteiger charge is -2.34. The molecule has 0 saturated carbocycles. The van der Waals surface area contributed by atoms with Gasteiger partial charge in [-0.05, 0) is 30.2 Å². The second kappa shape index (κ2) is 6.67. The number of aliphatic hydroxyl groups is 1. The lowest BCUT2D eigenvalue weighted by atomic mass is 9.86. The maximum atomic E-state index is 11.2. The zero-order chi connectivity index (χ0) is 16.1. The molecule has 0 heterocycles. The highest BCUT2D eigenvalue weighted by atomic mass is 16.5. The molecular weight excluding hydrogens is 284 g/mol. The van der Waals surface area contributed by atoms with Crippen molar-refractivity contribution in [3.8, 4) is 5.75 Å². The van der Waals surface area contributed by atoms with Crippen molar-refractivity contribution in [1.29, 1.82) is 0 Å². The molecule has 1 N–H and O–H groups in total. The second-order valence-electron chi connectivity index (χ2n) is 5.74. The molecule has 0 aliphatic heterocycles. The molecule has 3 rings (SSSR count). The smallest absolute Gasteiger partial charge is 0.156 e. The minimum Gasteiger partial charge on any atom is -0.482 e. The van der Waals surface area contributed by atoms with Crippen molar-refractivity contribution < 1.29 is 9.84 Å². The van der Waals surface area contributed by atoms with Gasteiger partial charge in [0.15, 0.2) is 6.10 Å². The summed E-state index contributed by atoms with van der Waals surface area (Å²) in [6, 6.07) is 29.1. The largest absolute Gasteiger partial charge is 0.482 e. The number of rotatable bonds is 5. The summed E-state index contributed by atoms with van der Waals surface area (Å²) in [5.41, 5.74) is 0.605. The van der Waals surface area contributed by atoms with E-state index in [9.17, 15) is 5.11 Å². The van der Waals surface area contributed by atoms with Gasteiger partial charge in [-0.25, -0.2) is 0 Å². The molecule has 2 unspecified atom stereocenters. The molecule has 0 aliphatic carbocycles. The Hall–Kier alpha value is -2.58. The molecule has 0 aliphatic rings. The lowest BCUT2D eigenvalue weighted by molar-refractivity contribution is -0.0553. The van der Waals surface area contributed by atoms with Gasteiger partial charge in [0.2, 0.25) is 0 Å². The summed E-state index contributed by atoms with van der Waals surface area (Å²) >= 11 is 0. The quantitative estimate of drug-likeness (QED) is 0.739. The van der Waals surface area contributed by atoms with Gasteiger partial charge in [-0.15, -0.1) is 0 Å². The summed E-state index contributed by atoms with van der Waals surface area (Å²) in [6.45, 7) is 1.79. The molecule has 0 radical (unpaired) electrons. The third kappa shape index (κ3) is 3.43. The van der Waals surface area contributed by atoms with E-state index in [4.69, 9.17) is 4.74 Å². The van der Waals surface area contributed by atoms with Crippen LogP contribution in [0.25, 0.3) is 0 Å². The second-order valence-corrected chi connectivity index (χ2v) is 5.74. The highest BCUT2D eigenvalue weighted by molar-refractivity contribution is 5.31. The van der Waals surface area contributed by atoms with E-state index >= 15 is 0 Å². The van der Waals surface area contributed by atoms with E-state index in [1.165, 1.54) is 0 Å². The van der Waals surface area contributed by atoms with Gasteiger partial charge >= 0.3 is 0 Å². The van der Waals surface area contributed by atoms with Crippen molar-refractivity contribution in [2.45, 2.75) is 18.6 Å². The van der Waals surface area contributed by atoms with Crippen LogP contribution >= 0.6 is 0 Å². The van der Waals surface area contributed by atoms with Gasteiger partial charge in [0.25, 0.3) is 0 Å². The Morgan fingerprint density at radius 3 is 1.78 bits per heavy atom. The molecule has 3 aromatic carbocycles. The predicted molar refractivity (Wildman–Crippen MR) is 92.3 cm³/mol. The fraction of sp³-hybridized carbons (Fsp3) is 0.143. The van der Waals surface area contributed by atoms with Crippen LogP contribution in [0.4, 0.5) is 0 Å². The molecule has 2 atom stereocenters. The van der Waals surface area contributed by atoms with E-state index in [0.717, 1.165) is 16.9 Å². The number of hydrogen-bond acceptors (Lipinski definition) is 2. The maximum Gasteiger partial charge on any atom is 0.156 e. The van der Waals surface area contributed by atoms with Crippen molar-refractivity contribution in [3.63, 3.8) is 0 Å². The highest BCUT2D eigenvalue weighted by Gasteiger charge is 2.36. The van der Waals surface area contributed by atoms with Gasteiger partial charge in [-0.1, -0.05) is 78.9 Å². The van der Waals surface area contributed by atoms with Gasteiger partial charge in [-0.3, -0.25) is 0 Å². The molecule has 0 bridgehead atoms. The van der Waals surface area contributed by atoms with Crippen LogP contribution in [0.15, 0.2) is 91.0 Å². The summed E-state index contributed by atoms with van der Waals surface area (Å²) in [4.78, 5) is 0. The normalized spacial score (nSPS) is 14.7. The first kappa shape index (κ1) is 15.3. The van der Waals surface area contributed by atoms with Crippen LogP contribution in [0.1, 0.15) is 24.2 Å². The fourth-order valence-electron chi connectivity index (χ4n) is 2.70. The molecule has 3 aromatic rings. The molecule has 0 saturated heterocycles. The van der Waals surface area contributed by atoms with Gasteiger partial charge in [0.05, 0.1) is 0 Å². The van der Waals surface area contributed by atoms with Crippen molar-refractivity contribution in [1.82, 2.24) is 0 Å². The molecular formula is C21H20O2. The van der Waals surface area contributed by atoms with Crippen LogP contribution in [-0.4, -0.2) is 5.11 Å². The van der Waals surface area contributed by atoms with E-state index < -0.39 is 11.7 Å². The van der Waals surface area contributed by atoms with Crippen molar-refractivity contribution >= 4 is 0 Å². The number of ether oxygens (including phenoxy) is 1. The third-order valence-electron chi connectivity index (χ3n) is 3.97. The van der Waals surface area contributed by atoms with Crippen LogP contribution in [0.5, 0.6) is 5.75 Å².